The molecule has 1 fully saturated rings. The van der Waals surface area contributed by atoms with Gasteiger partial charge in [0.1, 0.15) is 5.82 Å². The summed E-state index contributed by atoms with van der Waals surface area (Å²) in [5.41, 5.74) is 1.21. The van der Waals surface area contributed by atoms with E-state index in [0.29, 0.717) is 45.1 Å². The molecule has 1 aromatic heterocycles. The van der Waals surface area contributed by atoms with Gasteiger partial charge in [-0.1, -0.05) is 18.2 Å². The van der Waals surface area contributed by atoms with Crippen molar-refractivity contribution in [3.63, 3.8) is 0 Å². The van der Waals surface area contributed by atoms with Crippen LogP contribution in [-0.2, 0) is 37.4 Å². The molecule has 0 aliphatic carbocycles. The molecule has 9 nitrogen and oxygen atoms in total. The first kappa shape index (κ1) is 29.8. The van der Waals surface area contributed by atoms with E-state index in [0.717, 1.165) is 10.4 Å². The van der Waals surface area contributed by atoms with Gasteiger partial charge in [0, 0.05) is 50.2 Å². The van der Waals surface area contributed by atoms with E-state index in [4.69, 9.17) is 4.74 Å². The quantitative estimate of drug-likeness (QED) is 0.348. The third-order valence-corrected chi connectivity index (χ3v) is 9.18. The second-order valence-electron chi connectivity index (χ2n) is 9.45. The smallest absolute Gasteiger partial charge is 0.243 e. The molecule has 1 aliphatic heterocycles. The van der Waals surface area contributed by atoms with Crippen molar-refractivity contribution in [3.8, 4) is 0 Å². The summed E-state index contributed by atoms with van der Waals surface area (Å²) in [5.74, 6) is -0.997. The highest BCUT2D eigenvalue weighted by Crippen LogP contribution is 2.21. The van der Waals surface area contributed by atoms with Crippen LogP contribution in [0.3, 0.4) is 0 Å². The van der Waals surface area contributed by atoms with Crippen molar-refractivity contribution in [1.82, 2.24) is 14.1 Å². The van der Waals surface area contributed by atoms with Gasteiger partial charge in [0.25, 0.3) is 0 Å². The maximum absolute atomic E-state index is 13.8. The molecule has 40 heavy (non-hydrogen) atoms. The highest BCUT2D eigenvalue weighted by Gasteiger charge is 2.29. The van der Waals surface area contributed by atoms with Crippen LogP contribution in [0.1, 0.15) is 17.4 Å². The fraction of sp³-hybridized carbons (Fsp3) is 0.357. The Morgan fingerprint density at radius 3 is 2.35 bits per heavy atom. The molecule has 0 saturated carbocycles. The Labute approximate surface area is 238 Å². The lowest BCUT2D eigenvalue weighted by molar-refractivity contribution is -0.132. The molecule has 4 rings (SSSR count). The predicted octanol–water partition coefficient (Wildman–Crippen LogP) is 3.40. The maximum Gasteiger partial charge on any atom is 0.243 e. The number of hydrogen-bond acceptors (Lipinski definition) is 7. The molecule has 0 atom stereocenters. The molecule has 3 aromatic rings. The Bertz CT molecular complexity index is 1360. The second kappa shape index (κ2) is 14.0. The molecule has 2 heterocycles. The molecule has 0 bridgehead atoms. The number of rotatable bonds is 12. The molecule has 1 N–H and O–H groups in total. The molecular weight excluding hydrogens is 555 g/mol. The number of halogens is 1. The third kappa shape index (κ3) is 8.42. The van der Waals surface area contributed by atoms with Crippen molar-refractivity contribution in [3.05, 3.63) is 82.3 Å². The fourth-order valence-corrected chi connectivity index (χ4v) is 6.41. The van der Waals surface area contributed by atoms with Crippen LogP contribution in [0, 0.1) is 5.82 Å². The Balaban J connectivity index is 1.57. The average molecular weight is 589 g/mol. The summed E-state index contributed by atoms with van der Waals surface area (Å²) in [6, 6.07) is 15.6. The third-order valence-electron chi connectivity index (χ3n) is 6.46. The molecule has 214 valence electrons. The van der Waals surface area contributed by atoms with Crippen LogP contribution >= 0.6 is 11.3 Å². The van der Waals surface area contributed by atoms with Gasteiger partial charge in [0.15, 0.2) is 0 Å². The van der Waals surface area contributed by atoms with Crippen molar-refractivity contribution < 1.29 is 27.1 Å². The number of morpholine rings is 1. The van der Waals surface area contributed by atoms with Gasteiger partial charge in [0.05, 0.1) is 31.2 Å². The Hall–Kier alpha value is -3.16. The topological polar surface area (TPSA) is 99.3 Å². The van der Waals surface area contributed by atoms with Gasteiger partial charge < -0.3 is 15.0 Å². The van der Waals surface area contributed by atoms with Gasteiger partial charge in [-0.25, -0.2) is 12.8 Å². The van der Waals surface area contributed by atoms with Crippen LogP contribution in [0.2, 0.25) is 0 Å². The minimum Gasteiger partial charge on any atom is -0.379 e. The van der Waals surface area contributed by atoms with Crippen LogP contribution < -0.4 is 5.32 Å². The highest BCUT2D eigenvalue weighted by molar-refractivity contribution is 7.89. The number of nitrogens with zero attached hydrogens (tertiary/aromatic N) is 3. The number of thiophene rings is 1. The molecule has 2 amide bonds. The van der Waals surface area contributed by atoms with E-state index >= 15 is 0 Å². The van der Waals surface area contributed by atoms with E-state index in [1.54, 1.807) is 17.0 Å². The zero-order valence-electron chi connectivity index (χ0n) is 22.3. The van der Waals surface area contributed by atoms with E-state index in [-0.39, 0.29) is 42.2 Å². The summed E-state index contributed by atoms with van der Waals surface area (Å²) in [6.45, 7) is 4.60. The molecule has 12 heteroatoms. The standard InChI is InChI=1S/C28H33FN4O5S2/c1-22(34)30-25-8-10-27(11-9-25)40(36,37)33(13-12-31-14-16-38-17-15-31)21-28(35)32(20-26-3-2-18-39-26)19-23-4-6-24(29)7-5-23/h2-11,18H,12-17,19-21H2,1H3,(H,30,34). The summed E-state index contributed by atoms with van der Waals surface area (Å²) in [4.78, 5) is 29.8. The SMILES string of the molecule is CC(=O)Nc1ccc(S(=O)(=O)N(CCN2CCOCC2)CC(=O)N(Cc2ccc(F)cc2)Cc2cccs2)cc1. The predicted molar refractivity (Wildman–Crippen MR) is 152 cm³/mol. The first-order chi connectivity index (χ1) is 19.2. The normalized spacial score (nSPS) is 14.3. The van der Waals surface area contributed by atoms with E-state index in [2.05, 4.69) is 10.2 Å². The minimum atomic E-state index is -4.05. The second-order valence-corrected chi connectivity index (χ2v) is 12.4. The summed E-state index contributed by atoms with van der Waals surface area (Å²) >= 11 is 1.50. The molecule has 1 saturated heterocycles. The number of anilines is 1. The van der Waals surface area contributed by atoms with E-state index in [9.17, 15) is 22.4 Å². The summed E-state index contributed by atoms with van der Waals surface area (Å²) in [6.07, 6.45) is 0. The van der Waals surface area contributed by atoms with Gasteiger partial charge >= 0.3 is 0 Å². The van der Waals surface area contributed by atoms with E-state index in [1.807, 2.05) is 17.5 Å². The molecule has 1 aliphatic rings. The summed E-state index contributed by atoms with van der Waals surface area (Å²) in [5, 5.41) is 4.54. The molecule has 0 unspecified atom stereocenters. The molecule has 2 aromatic carbocycles. The Kier molecular flexibility index (Phi) is 10.4. The number of nitrogens with one attached hydrogen (secondary N) is 1. The molecular formula is C28H33FN4O5S2. The van der Waals surface area contributed by atoms with Crippen LogP contribution in [-0.4, -0.2) is 80.3 Å². The van der Waals surface area contributed by atoms with Gasteiger partial charge in [-0.3, -0.25) is 14.5 Å². The van der Waals surface area contributed by atoms with Crippen molar-refractivity contribution in [2.24, 2.45) is 0 Å². The summed E-state index contributed by atoms with van der Waals surface area (Å²) < 4.78 is 47.7. The maximum atomic E-state index is 13.8. The Morgan fingerprint density at radius 2 is 1.73 bits per heavy atom. The highest BCUT2D eigenvalue weighted by atomic mass is 32.2. The number of hydrogen-bond donors (Lipinski definition) is 1. The first-order valence-corrected chi connectivity index (χ1v) is 15.3. The van der Waals surface area contributed by atoms with Crippen molar-refractivity contribution >= 4 is 38.9 Å². The Morgan fingerprint density at radius 1 is 1.02 bits per heavy atom. The van der Waals surface area contributed by atoms with Crippen LogP contribution in [0.4, 0.5) is 10.1 Å². The van der Waals surface area contributed by atoms with Crippen LogP contribution in [0.15, 0.2) is 70.9 Å². The number of amides is 2. The van der Waals surface area contributed by atoms with E-state index < -0.39 is 10.0 Å². The average Bonchev–Trinajstić information content (AvgIpc) is 3.45. The molecule has 0 radical (unpaired) electrons. The monoisotopic (exact) mass is 588 g/mol. The van der Waals surface area contributed by atoms with Crippen molar-refractivity contribution in [1.29, 1.82) is 0 Å². The van der Waals surface area contributed by atoms with Gasteiger partial charge in [-0.2, -0.15) is 4.31 Å². The summed E-state index contributed by atoms with van der Waals surface area (Å²) in [7, 11) is -4.05. The number of ether oxygens (including phenoxy) is 1. The number of sulfonamides is 1. The molecule has 0 spiro atoms. The zero-order chi connectivity index (χ0) is 28.5. The number of benzene rings is 2. The van der Waals surface area contributed by atoms with Gasteiger partial charge in [-0.05, 0) is 53.4 Å². The largest absolute Gasteiger partial charge is 0.379 e. The lowest BCUT2D eigenvalue weighted by Crippen LogP contribution is -2.46. The number of carbonyl (C=O) groups is 2. The fourth-order valence-electron chi connectivity index (χ4n) is 4.31. The number of carbonyl (C=O) groups excluding carboxylic acids is 2. The van der Waals surface area contributed by atoms with Crippen LogP contribution in [0.5, 0.6) is 0 Å². The zero-order valence-corrected chi connectivity index (χ0v) is 23.9. The lowest BCUT2D eigenvalue weighted by Gasteiger charge is -2.31. The van der Waals surface area contributed by atoms with Crippen molar-refractivity contribution in [2.75, 3.05) is 51.3 Å². The minimum absolute atomic E-state index is 0.0275. The first-order valence-electron chi connectivity index (χ1n) is 12.9. The van der Waals surface area contributed by atoms with E-state index in [1.165, 1.54) is 59.0 Å². The van der Waals surface area contributed by atoms with Crippen molar-refractivity contribution in [2.45, 2.75) is 24.9 Å². The van der Waals surface area contributed by atoms with Gasteiger partial charge in [0.2, 0.25) is 21.8 Å². The van der Waals surface area contributed by atoms with Gasteiger partial charge in [-0.15, -0.1) is 11.3 Å². The lowest BCUT2D eigenvalue weighted by atomic mass is 10.2. The van der Waals surface area contributed by atoms with Crippen LogP contribution in [0.25, 0.3) is 0 Å².